The molecule has 0 saturated heterocycles. The fourth-order valence-corrected chi connectivity index (χ4v) is 3.87. The molecule has 0 saturated carbocycles. The number of rotatable bonds is 12. The summed E-state index contributed by atoms with van der Waals surface area (Å²) in [6.07, 6.45) is 2.20. The summed E-state index contributed by atoms with van der Waals surface area (Å²) in [4.78, 5) is 53.2. The Bertz CT molecular complexity index is 1050. The minimum Gasteiger partial charge on any atom is -0.496 e. The topological polar surface area (TPSA) is 124 Å². The van der Waals surface area contributed by atoms with E-state index in [4.69, 9.17) is 14.2 Å². The van der Waals surface area contributed by atoms with Crippen LogP contribution in [0.5, 0.6) is 5.75 Å². The van der Waals surface area contributed by atoms with E-state index in [1.807, 2.05) is 6.26 Å². The number of nitrogens with one attached hydrogen (secondary N) is 2. The second-order valence-corrected chi connectivity index (χ2v) is 8.37. The summed E-state index contributed by atoms with van der Waals surface area (Å²) in [5, 5.41) is 2.67. The van der Waals surface area contributed by atoms with Crippen molar-refractivity contribution in [2.24, 2.45) is 0 Å². The molecule has 2 rings (SSSR count). The van der Waals surface area contributed by atoms with Crippen molar-refractivity contribution in [2.75, 3.05) is 32.3 Å². The predicted molar refractivity (Wildman–Crippen MR) is 129 cm³/mol. The van der Waals surface area contributed by atoms with Crippen molar-refractivity contribution in [3.05, 3.63) is 52.3 Å². The van der Waals surface area contributed by atoms with Gasteiger partial charge in [0.1, 0.15) is 11.8 Å². The van der Waals surface area contributed by atoms with Gasteiger partial charge in [0.05, 0.1) is 30.5 Å². The molecule has 0 aliphatic rings. The molecule has 2 N–H and O–H groups in total. The molecule has 34 heavy (non-hydrogen) atoms. The van der Waals surface area contributed by atoms with Crippen molar-refractivity contribution in [2.45, 2.75) is 33.2 Å². The lowest BCUT2D eigenvalue weighted by Gasteiger charge is -2.18. The molecule has 1 atom stereocenters. The van der Waals surface area contributed by atoms with E-state index in [2.05, 4.69) is 10.3 Å². The lowest BCUT2D eigenvalue weighted by molar-refractivity contribution is -0.144. The zero-order chi connectivity index (χ0) is 25.3. The maximum absolute atomic E-state index is 12.7. The van der Waals surface area contributed by atoms with Gasteiger partial charge < -0.3 is 24.5 Å². The van der Waals surface area contributed by atoms with Crippen LogP contribution in [0.15, 0.2) is 24.3 Å². The number of hydrogen-bond acceptors (Lipinski definition) is 8. The first-order valence-corrected chi connectivity index (χ1v) is 12.1. The fourth-order valence-electron chi connectivity index (χ4n) is 3.40. The molecule has 1 amide bonds. The van der Waals surface area contributed by atoms with E-state index in [-0.39, 0.29) is 17.9 Å². The predicted octanol–water partition coefficient (Wildman–Crippen LogP) is 3.09. The Morgan fingerprint density at radius 3 is 2.47 bits per heavy atom. The van der Waals surface area contributed by atoms with Crippen LogP contribution < -0.4 is 10.1 Å². The van der Waals surface area contributed by atoms with Gasteiger partial charge in [0.2, 0.25) is 5.78 Å². The highest BCUT2D eigenvalue weighted by atomic mass is 32.2. The van der Waals surface area contributed by atoms with Crippen molar-refractivity contribution in [1.82, 2.24) is 10.3 Å². The largest absolute Gasteiger partial charge is 0.496 e. The minimum atomic E-state index is -0.945. The van der Waals surface area contributed by atoms with Gasteiger partial charge >= 0.3 is 11.9 Å². The van der Waals surface area contributed by atoms with Crippen molar-refractivity contribution < 1.29 is 33.4 Å². The van der Waals surface area contributed by atoms with E-state index in [0.717, 1.165) is 0 Å². The van der Waals surface area contributed by atoms with Crippen molar-refractivity contribution in [1.29, 1.82) is 0 Å². The number of Topliss-reactive ketones (excluding diaryl/α,β-unsaturated/α-hetero) is 1. The average Bonchev–Trinajstić information content (AvgIpc) is 3.13. The summed E-state index contributed by atoms with van der Waals surface area (Å²) in [7, 11) is 1.45. The highest BCUT2D eigenvalue weighted by Crippen LogP contribution is 2.20. The van der Waals surface area contributed by atoms with E-state index in [0.29, 0.717) is 34.7 Å². The molecule has 9 nitrogen and oxygen atoms in total. The molecule has 184 valence electrons. The number of aromatic nitrogens is 1. The van der Waals surface area contributed by atoms with Gasteiger partial charge in [0.15, 0.2) is 6.61 Å². The number of methoxy groups -OCH3 is 1. The van der Waals surface area contributed by atoms with Gasteiger partial charge in [-0.1, -0.05) is 12.1 Å². The molecule has 1 aromatic carbocycles. The second-order valence-electron chi connectivity index (χ2n) is 7.38. The van der Waals surface area contributed by atoms with Crippen LogP contribution in [0.1, 0.15) is 55.8 Å². The number of para-hydroxylation sites is 1. The van der Waals surface area contributed by atoms with Crippen LogP contribution in [0.4, 0.5) is 0 Å². The molecule has 0 fully saturated rings. The number of ether oxygens (including phenoxy) is 3. The number of thioether (sulfide) groups is 1. The number of H-pyrrole nitrogens is 1. The van der Waals surface area contributed by atoms with Crippen LogP contribution in [0.2, 0.25) is 0 Å². The summed E-state index contributed by atoms with van der Waals surface area (Å²) < 4.78 is 15.5. The minimum absolute atomic E-state index is 0.173. The SMILES string of the molecule is CCOC(=O)c1c(C)[nH]c(C(=O)COC(=O)C(CCSC)NC(=O)c2ccccc2OC)c1C. The van der Waals surface area contributed by atoms with Crippen LogP contribution in [-0.4, -0.2) is 67.0 Å². The Morgan fingerprint density at radius 2 is 1.82 bits per heavy atom. The number of amides is 1. The van der Waals surface area contributed by atoms with Gasteiger partial charge in [-0.3, -0.25) is 9.59 Å². The van der Waals surface area contributed by atoms with Gasteiger partial charge in [-0.15, -0.1) is 0 Å². The number of hydrogen-bond donors (Lipinski definition) is 2. The van der Waals surface area contributed by atoms with Gasteiger partial charge in [-0.25, -0.2) is 9.59 Å². The van der Waals surface area contributed by atoms with Gasteiger partial charge in [0, 0.05) is 5.69 Å². The normalized spacial score (nSPS) is 11.4. The Labute approximate surface area is 202 Å². The molecule has 0 spiro atoms. The van der Waals surface area contributed by atoms with Crippen LogP contribution in [-0.2, 0) is 14.3 Å². The number of esters is 2. The van der Waals surface area contributed by atoms with Crippen LogP contribution >= 0.6 is 11.8 Å². The molecule has 1 heterocycles. The van der Waals surface area contributed by atoms with E-state index in [1.54, 1.807) is 45.0 Å². The Morgan fingerprint density at radius 1 is 1.12 bits per heavy atom. The molecule has 2 aromatic rings. The second kappa shape index (κ2) is 12.8. The van der Waals surface area contributed by atoms with Gasteiger partial charge in [-0.2, -0.15) is 11.8 Å². The summed E-state index contributed by atoms with van der Waals surface area (Å²) in [6, 6.07) is 5.72. The summed E-state index contributed by atoms with van der Waals surface area (Å²) in [6.45, 7) is 4.65. The van der Waals surface area contributed by atoms with E-state index >= 15 is 0 Å². The first-order valence-electron chi connectivity index (χ1n) is 10.7. The molecular weight excluding hydrogens is 460 g/mol. The molecule has 0 aliphatic heterocycles. The highest BCUT2D eigenvalue weighted by molar-refractivity contribution is 7.98. The third-order valence-corrected chi connectivity index (χ3v) is 5.74. The van der Waals surface area contributed by atoms with Gasteiger partial charge in [-0.05, 0) is 56.9 Å². The number of carbonyl (C=O) groups is 4. The van der Waals surface area contributed by atoms with Crippen molar-refractivity contribution in [3.8, 4) is 5.75 Å². The lowest BCUT2D eigenvalue weighted by Crippen LogP contribution is -2.43. The van der Waals surface area contributed by atoms with Crippen LogP contribution in [0.25, 0.3) is 0 Å². The number of aromatic amines is 1. The molecule has 0 bridgehead atoms. The summed E-state index contributed by atoms with van der Waals surface area (Å²) in [5.74, 6) is -1.26. The molecule has 10 heteroatoms. The van der Waals surface area contributed by atoms with Crippen LogP contribution in [0, 0.1) is 13.8 Å². The first-order chi connectivity index (χ1) is 16.2. The first kappa shape index (κ1) is 27.0. The van der Waals surface area contributed by atoms with E-state index < -0.39 is 36.3 Å². The molecule has 0 radical (unpaired) electrons. The summed E-state index contributed by atoms with van der Waals surface area (Å²) >= 11 is 1.51. The van der Waals surface area contributed by atoms with Crippen molar-refractivity contribution in [3.63, 3.8) is 0 Å². The number of carbonyl (C=O) groups excluding carboxylic acids is 4. The molecule has 1 aromatic heterocycles. The third kappa shape index (κ3) is 6.63. The van der Waals surface area contributed by atoms with Gasteiger partial charge in [0.25, 0.3) is 5.91 Å². The highest BCUT2D eigenvalue weighted by Gasteiger charge is 2.27. The zero-order valence-electron chi connectivity index (χ0n) is 20.0. The van der Waals surface area contributed by atoms with Crippen molar-refractivity contribution >= 4 is 35.4 Å². The average molecular weight is 491 g/mol. The van der Waals surface area contributed by atoms with Crippen LogP contribution in [0.3, 0.4) is 0 Å². The lowest BCUT2D eigenvalue weighted by atomic mass is 10.1. The Kier molecular flexibility index (Phi) is 10.2. The quantitative estimate of drug-likeness (QED) is 0.344. The number of benzene rings is 1. The fraction of sp³-hybridized carbons (Fsp3) is 0.417. The smallest absolute Gasteiger partial charge is 0.340 e. The van der Waals surface area contributed by atoms with E-state index in [1.165, 1.54) is 18.9 Å². The number of ketones is 1. The Hall–Kier alpha value is -3.27. The molecule has 0 aliphatic carbocycles. The number of aryl methyl sites for hydroxylation is 1. The third-order valence-electron chi connectivity index (χ3n) is 5.09. The summed E-state index contributed by atoms with van der Waals surface area (Å²) in [5.41, 5.74) is 1.67. The molecule has 1 unspecified atom stereocenters. The monoisotopic (exact) mass is 490 g/mol. The maximum Gasteiger partial charge on any atom is 0.340 e. The zero-order valence-corrected chi connectivity index (χ0v) is 20.8. The Balaban J connectivity index is 2.10. The molecular formula is C24H30N2O7S. The standard InChI is InChI=1S/C24H30N2O7S/c1-6-32-24(30)20-14(2)21(25-15(20)3)18(27)13-33-23(29)17(11-12-34-5)26-22(28)16-9-7-8-10-19(16)31-4/h7-10,17,25H,6,11-13H2,1-5H3,(H,26,28). The van der Waals surface area contributed by atoms with E-state index in [9.17, 15) is 19.2 Å². The maximum atomic E-state index is 12.7.